The van der Waals surface area contributed by atoms with Crippen LogP contribution in [-0.2, 0) is 0 Å². The maximum atomic E-state index is 9.75. The molecule has 1 aromatic carbocycles. The van der Waals surface area contributed by atoms with Gasteiger partial charge in [0, 0.05) is 6.54 Å². The van der Waals surface area contributed by atoms with E-state index in [1.54, 1.807) is 6.20 Å². The third-order valence-corrected chi connectivity index (χ3v) is 3.11. The zero-order valence-electron chi connectivity index (χ0n) is 9.50. The molecule has 1 saturated carbocycles. The molecule has 1 aliphatic carbocycles. The number of para-hydroxylation sites is 2. The molecule has 0 amide bonds. The molecule has 3 rings (SSSR count). The molecule has 2 N–H and O–H groups in total. The van der Waals surface area contributed by atoms with Gasteiger partial charge in [-0.15, -0.1) is 0 Å². The SMILES string of the molecule is OC(CNc1cnc2ccccc2n1)C1CC1. The predicted molar refractivity (Wildman–Crippen MR) is 66.8 cm³/mol. The van der Waals surface area contributed by atoms with E-state index in [2.05, 4.69) is 15.3 Å². The number of aromatic nitrogens is 2. The summed E-state index contributed by atoms with van der Waals surface area (Å²) < 4.78 is 0. The molecular formula is C13H15N3O. The van der Waals surface area contributed by atoms with Gasteiger partial charge in [0.15, 0.2) is 0 Å². The van der Waals surface area contributed by atoms with E-state index in [9.17, 15) is 5.11 Å². The molecule has 1 unspecified atom stereocenters. The lowest BCUT2D eigenvalue weighted by Gasteiger charge is -2.11. The van der Waals surface area contributed by atoms with Gasteiger partial charge >= 0.3 is 0 Å². The Hall–Kier alpha value is -1.68. The van der Waals surface area contributed by atoms with Crippen molar-refractivity contribution in [2.75, 3.05) is 11.9 Å². The fraction of sp³-hybridized carbons (Fsp3) is 0.385. The first kappa shape index (κ1) is 10.5. The Labute approximate surface area is 99.7 Å². The third-order valence-electron chi connectivity index (χ3n) is 3.11. The molecule has 0 spiro atoms. The quantitative estimate of drug-likeness (QED) is 0.839. The maximum Gasteiger partial charge on any atom is 0.145 e. The molecular weight excluding hydrogens is 214 g/mol. The largest absolute Gasteiger partial charge is 0.391 e. The summed E-state index contributed by atoms with van der Waals surface area (Å²) in [5.74, 6) is 1.21. The number of hydrogen-bond acceptors (Lipinski definition) is 4. The average molecular weight is 229 g/mol. The van der Waals surface area contributed by atoms with Crippen LogP contribution in [0.15, 0.2) is 30.5 Å². The molecule has 2 aromatic rings. The molecule has 1 aliphatic rings. The highest BCUT2D eigenvalue weighted by molar-refractivity contribution is 5.75. The Bertz CT molecular complexity index is 525. The van der Waals surface area contributed by atoms with Crippen molar-refractivity contribution < 1.29 is 5.11 Å². The summed E-state index contributed by atoms with van der Waals surface area (Å²) in [6.07, 6.45) is 3.74. The van der Waals surface area contributed by atoms with Crippen LogP contribution in [0.1, 0.15) is 12.8 Å². The van der Waals surface area contributed by atoms with E-state index in [0.717, 1.165) is 29.7 Å². The number of nitrogens with one attached hydrogen (secondary N) is 1. The van der Waals surface area contributed by atoms with Crippen LogP contribution >= 0.6 is 0 Å². The summed E-state index contributed by atoms with van der Waals surface area (Å²) >= 11 is 0. The highest BCUT2D eigenvalue weighted by atomic mass is 16.3. The van der Waals surface area contributed by atoms with E-state index in [-0.39, 0.29) is 6.10 Å². The summed E-state index contributed by atoms with van der Waals surface area (Å²) in [4.78, 5) is 8.76. The van der Waals surface area contributed by atoms with Gasteiger partial charge in [-0.1, -0.05) is 12.1 Å². The van der Waals surface area contributed by atoms with Crippen molar-refractivity contribution in [3.8, 4) is 0 Å². The first-order chi connectivity index (χ1) is 8.33. The van der Waals surface area contributed by atoms with Crippen molar-refractivity contribution in [1.29, 1.82) is 0 Å². The molecule has 0 saturated heterocycles. The van der Waals surface area contributed by atoms with Gasteiger partial charge in [0.1, 0.15) is 5.82 Å². The van der Waals surface area contributed by atoms with Crippen LogP contribution in [0.5, 0.6) is 0 Å². The van der Waals surface area contributed by atoms with Crippen LogP contribution in [0.4, 0.5) is 5.82 Å². The van der Waals surface area contributed by atoms with E-state index in [0.29, 0.717) is 12.5 Å². The highest BCUT2D eigenvalue weighted by Gasteiger charge is 2.29. The summed E-state index contributed by atoms with van der Waals surface area (Å²) in [5, 5.41) is 12.9. The lowest BCUT2D eigenvalue weighted by atomic mass is 10.2. The van der Waals surface area contributed by atoms with Crippen LogP contribution in [0.2, 0.25) is 0 Å². The third kappa shape index (κ3) is 2.36. The lowest BCUT2D eigenvalue weighted by Crippen LogP contribution is -2.21. The minimum absolute atomic E-state index is 0.261. The summed E-state index contributed by atoms with van der Waals surface area (Å²) in [7, 11) is 0. The second kappa shape index (κ2) is 4.30. The van der Waals surface area contributed by atoms with Crippen LogP contribution in [0.25, 0.3) is 11.0 Å². The molecule has 4 nitrogen and oxygen atoms in total. The molecule has 0 aliphatic heterocycles. The standard InChI is InChI=1S/C13H15N3O/c17-12(9-5-6-9)7-15-13-8-14-10-3-1-2-4-11(10)16-13/h1-4,8-9,12,17H,5-7H2,(H,15,16). The van der Waals surface area contributed by atoms with Crippen molar-refractivity contribution >= 4 is 16.9 Å². The van der Waals surface area contributed by atoms with Crippen LogP contribution < -0.4 is 5.32 Å². The van der Waals surface area contributed by atoms with Gasteiger partial charge < -0.3 is 10.4 Å². The number of rotatable bonds is 4. The Balaban J connectivity index is 1.71. The number of benzene rings is 1. The Kier molecular flexibility index (Phi) is 2.65. The summed E-state index contributed by atoms with van der Waals surface area (Å²) in [6.45, 7) is 0.553. The lowest BCUT2D eigenvalue weighted by molar-refractivity contribution is 0.164. The fourth-order valence-corrected chi connectivity index (χ4v) is 1.90. The monoisotopic (exact) mass is 229 g/mol. The van der Waals surface area contributed by atoms with Gasteiger partial charge in [-0.25, -0.2) is 4.98 Å². The minimum Gasteiger partial charge on any atom is -0.391 e. The number of hydrogen-bond donors (Lipinski definition) is 2. The normalized spacial score (nSPS) is 17.0. The van der Waals surface area contributed by atoms with Gasteiger partial charge in [0.25, 0.3) is 0 Å². The zero-order chi connectivity index (χ0) is 11.7. The van der Waals surface area contributed by atoms with Crippen molar-refractivity contribution in [2.45, 2.75) is 18.9 Å². The van der Waals surface area contributed by atoms with Gasteiger partial charge in [-0.3, -0.25) is 4.98 Å². The smallest absolute Gasteiger partial charge is 0.145 e. The van der Waals surface area contributed by atoms with Crippen molar-refractivity contribution in [3.05, 3.63) is 30.5 Å². The molecule has 88 valence electrons. The second-order valence-electron chi connectivity index (χ2n) is 4.53. The maximum absolute atomic E-state index is 9.75. The van der Waals surface area contributed by atoms with E-state index < -0.39 is 0 Å². The molecule has 1 atom stereocenters. The highest BCUT2D eigenvalue weighted by Crippen LogP contribution is 2.32. The Morgan fingerprint density at radius 3 is 2.82 bits per heavy atom. The van der Waals surface area contributed by atoms with Gasteiger partial charge in [0.2, 0.25) is 0 Å². The van der Waals surface area contributed by atoms with E-state index in [4.69, 9.17) is 0 Å². The molecule has 0 bridgehead atoms. The number of anilines is 1. The van der Waals surface area contributed by atoms with Gasteiger partial charge in [-0.2, -0.15) is 0 Å². The Morgan fingerprint density at radius 1 is 1.29 bits per heavy atom. The molecule has 4 heteroatoms. The summed E-state index contributed by atoms with van der Waals surface area (Å²) in [6, 6.07) is 7.76. The molecule has 1 aromatic heterocycles. The van der Waals surface area contributed by atoms with Crippen molar-refractivity contribution in [2.24, 2.45) is 5.92 Å². The number of nitrogens with zero attached hydrogens (tertiary/aromatic N) is 2. The Morgan fingerprint density at radius 2 is 2.06 bits per heavy atom. The first-order valence-electron chi connectivity index (χ1n) is 5.96. The summed E-state index contributed by atoms with van der Waals surface area (Å²) in [5.41, 5.74) is 1.76. The van der Waals surface area contributed by atoms with E-state index >= 15 is 0 Å². The minimum atomic E-state index is -0.261. The number of aliphatic hydroxyl groups excluding tert-OH is 1. The molecule has 17 heavy (non-hydrogen) atoms. The van der Waals surface area contributed by atoms with E-state index in [1.807, 2.05) is 24.3 Å². The molecule has 1 heterocycles. The number of fused-ring (bicyclic) bond motifs is 1. The van der Waals surface area contributed by atoms with Gasteiger partial charge in [-0.05, 0) is 30.9 Å². The predicted octanol–water partition coefficient (Wildman–Crippen LogP) is 1.81. The topological polar surface area (TPSA) is 58.0 Å². The molecule has 0 radical (unpaired) electrons. The second-order valence-corrected chi connectivity index (χ2v) is 4.53. The fourth-order valence-electron chi connectivity index (χ4n) is 1.90. The van der Waals surface area contributed by atoms with Crippen LogP contribution in [0.3, 0.4) is 0 Å². The zero-order valence-corrected chi connectivity index (χ0v) is 9.50. The average Bonchev–Trinajstić information content (AvgIpc) is 3.20. The van der Waals surface area contributed by atoms with Crippen LogP contribution in [0, 0.1) is 5.92 Å². The van der Waals surface area contributed by atoms with Crippen molar-refractivity contribution in [3.63, 3.8) is 0 Å². The van der Waals surface area contributed by atoms with Crippen LogP contribution in [-0.4, -0.2) is 27.7 Å². The first-order valence-corrected chi connectivity index (χ1v) is 5.96. The molecule has 1 fully saturated rings. The van der Waals surface area contributed by atoms with Crippen molar-refractivity contribution in [1.82, 2.24) is 9.97 Å². The van der Waals surface area contributed by atoms with Gasteiger partial charge in [0.05, 0.1) is 23.3 Å². The van der Waals surface area contributed by atoms with E-state index in [1.165, 1.54) is 0 Å². The number of aliphatic hydroxyl groups is 1.